The minimum Gasteiger partial charge on any atom is -0.479 e. The number of nitrogens with zero attached hydrogens (tertiary/aromatic N) is 1. The summed E-state index contributed by atoms with van der Waals surface area (Å²) in [5, 5.41) is 6.72. The van der Waals surface area contributed by atoms with Crippen LogP contribution in [0.5, 0.6) is 5.75 Å². The largest absolute Gasteiger partial charge is 0.479 e. The predicted octanol–water partition coefficient (Wildman–Crippen LogP) is 5.85. The number of thiazole rings is 1. The second-order valence-electron chi connectivity index (χ2n) is 6.46. The van der Waals surface area contributed by atoms with E-state index < -0.39 is 6.10 Å². The molecule has 7 nitrogen and oxygen atoms in total. The summed E-state index contributed by atoms with van der Waals surface area (Å²) >= 11 is 13.2. The molecular formula is C21H15Cl2N3O4S. The first-order valence-corrected chi connectivity index (χ1v) is 10.6. The van der Waals surface area contributed by atoms with Crippen LogP contribution in [0.4, 0.5) is 10.8 Å². The Morgan fingerprint density at radius 2 is 1.97 bits per heavy atom. The number of rotatable bonds is 6. The highest BCUT2D eigenvalue weighted by Gasteiger charge is 2.17. The van der Waals surface area contributed by atoms with Crippen molar-refractivity contribution in [2.24, 2.45) is 0 Å². The summed E-state index contributed by atoms with van der Waals surface area (Å²) < 4.78 is 11.5. The lowest BCUT2D eigenvalue weighted by atomic mass is 10.2. The topological polar surface area (TPSA) is 93.5 Å². The Kier molecular flexibility index (Phi) is 6.13. The van der Waals surface area contributed by atoms with Crippen molar-refractivity contribution in [2.45, 2.75) is 13.0 Å². The number of hydrogen-bond acceptors (Lipinski definition) is 6. The summed E-state index contributed by atoms with van der Waals surface area (Å²) in [6.45, 7) is 1.62. The Labute approximate surface area is 190 Å². The van der Waals surface area contributed by atoms with Crippen molar-refractivity contribution in [3.63, 3.8) is 0 Å². The number of benzene rings is 2. The first-order chi connectivity index (χ1) is 14.9. The van der Waals surface area contributed by atoms with Crippen molar-refractivity contribution in [1.29, 1.82) is 0 Å². The first-order valence-electron chi connectivity index (χ1n) is 9.07. The summed E-state index contributed by atoms with van der Waals surface area (Å²) in [5.41, 5.74) is 1.26. The fourth-order valence-electron chi connectivity index (χ4n) is 2.68. The fraction of sp³-hybridized carbons (Fsp3) is 0.0952. The third-order valence-corrected chi connectivity index (χ3v) is 5.65. The van der Waals surface area contributed by atoms with Gasteiger partial charge in [-0.1, -0.05) is 34.5 Å². The number of aromatic nitrogens is 1. The molecule has 1 atom stereocenters. The number of nitrogens with one attached hydrogen (secondary N) is 2. The molecule has 2 amide bonds. The van der Waals surface area contributed by atoms with E-state index in [1.54, 1.807) is 55.5 Å². The Hall–Kier alpha value is -3.07. The highest BCUT2D eigenvalue weighted by Crippen LogP contribution is 2.30. The Morgan fingerprint density at radius 1 is 1.13 bits per heavy atom. The molecule has 10 heteroatoms. The lowest BCUT2D eigenvalue weighted by Gasteiger charge is -2.15. The summed E-state index contributed by atoms with van der Waals surface area (Å²) in [4.78, 5) is 29.0. The molecule has 0 fully saturated rings. The number of furan rings is 1. The van der Waals surface area contributed by atoms with E-state index in [0.717, 1.165) is 4.70 Å². The standard InChI is InChI=1S/C21H15Cl2N3O4S/c1-11(30-16-7-4-12(22)9-14(16)23)19(27)24-13-5-6-15-18(10-13)31-21(25-15)26-20(28)17-3-2-8-29-17/h2-11H,1H3,(H,24,27)(H,25,26,28)/t11-/m0/s1. The zero-order valence-electron chi connectivity index (χ0n) is 16.0. The summed E-state index contributed by atoms with van der Waals surface area (Å²) in [5.74, 6) is -0.170. The van der Waals surface area contributed by atoms with Gasteiger partial charge < -0.3 is 14.5 Å². The van der Waals surface area contributed by atoms with Crippen LogP contribution in [0.3, 0.4) is 0 Å². The molecule has 0 aliphatic heterocycles. The van der Waals surface area contributed by atoms with Gasteiger partial charge in [0.05, 0.1) is 21.5 Å². The van der Waals surface area contributed by atoms with Crippen molar-refractivity contribution >= 4 is 67.4 Å². The number of anilines is 2. The molecule has 0 bridgehead atoms. The normalized spacial score (nSPS) is 11.8. The molecule has 2 heterocycles. The zero-order chi connectivity index (χ0) is 22.0. The lowest BCUT2D eigenvalue weighted by Crippen LogP contribution is -2.30. The van der Waals surface area contributed by atoms with Crippen molar-refractivity contribution in [3.05, 3.63) is 70.6 Å². The molecule has 2 aromatic carbocycles. The molecule has 2 aromatic heterocycles. The second kappa shape index (κ2) is 8.97. The maximum Gasteiger partial charge on any atom is 0.293 e. The monoisotopic (exact) mass is 475 g/mol. The lowest BCUT2D eigenvalue weighted by molar-refractivity contribution is -0.122. The van der Waals surface area contributed by atoms with Gasteiger partial charge in [0.15, 0.2) is 17.0 Å². The average Bonchev–Trinajstić information content (AvgIpc) is 3.39. The van der Waals surface area contributed by atoms with E-state index in [1.807, 2.05) is 0 Å². The molecule has 0 aliphatic rings. The van der Waals surface area contributed by atoms with Crippen LogP contribution in [0.25, 0.3) is 10.2 Å². The molecule has 0 aliphatic carbocycles. The minimum absolute atomic E-state index is 0.196. The van der Waals surface area contributed by atoms with Crippen LogP contribution in [0.2, 0.25) is 10.0 Å². The number of fused-ring (bicyclic) bond motifs is 1. The smallest absolute Gasteiger partial charge is 0.293 e. The van der Waals surface area contributed by atoms with E-state index in [1.165, 1.54) is 17.6 Å². The van der Waals surface area contributed by atoms with E-state index in [-0.39, 0.29) is 17.6 Å². The van der Waals surface area contributed by atoms with Crippen LogP contribution in [-0.2, 0) is 4.79 Å². The van der Waals surface area contributed by atoms with E-state index in [2.05, 4.69) is 15.6 Å². The predicted molar refractivity (Wildman–Crippen MR) is 121 cm³/mol. The molecule has 0 unspecified atom stereocenters. The molecule has 0 saturated carbocycles. The maximum absolute atomic E-state index is 12.5. The Morgan fingerprint density at radius 3 is 2.71 bits per heavy atom. The highest BCUT2D eigenvalue weighted by molar-refractivity contribution is 7.22. The minimum atomic E-state index is -0.793. The average molecular weight is 476 g/mol. The third-order valence-electron chi connectivity index (χ3n) is 4.19. The Balaban J connectivity index is 1.43. The van der Waals surface area contributed by atoms with Crippen LogP contribution < -0.4 is 15.4 Å². The number of carbonyl (C=O) groups excluding carboxylic acids is 2. The van der Waals surface area contributed by atoms with E-state index in [4.69, 9.17) is 32.4 Å². The van der Waals surface area contributed by atoms with Gasteiger partial charge in [0, 0.05) is 10.7 Å². The SMILES string of the molecule is C[C@H](Oc1ccc(Cl)cc1Cl)C(=O)Nc1ccc2nc(NC(=O)c3ccco3)sc2c1. The number of amides is 2. The first kappa shape index (κ1) is 21.2. The van der Waals surface area contributed by atoms with Gasteiger partial charge in [0.25, 0.3) is 11.8 Å². The second-order valence-corrected chi connectivity index (χ2v) is 8.33. The van der Waals surface area contributed by atoms with E-state index >= 15 is 0 Å². The highest BCUT2D eigenvalue weighted by atomic mass is 35.5. The van der Waals surface area contributed by atoms with Gasteiger partial charge in [0.1, 0.15) is 5.75 Å². The van der Waals surface area contributed by atoms with Crippen molar-refractivity contribution in [3.8, 4) is 5.75 Å². The van der Waals surface area contributed by atoms with Gasteiger partial charge >= 0.3 is 0 Å². The summed E-state index contributed by atoms with van der Waals surface area (Å²) in [6, 6.07) is 13.2. The number of halogens is 2. The van der Waals surface area contributed by atoms with Gasteiger partial charge in [-0.15, -0.1) is 0 Å². The number of ether oxygens (including phenoxy) is 1. The molecular weight excluding hydrogens is 461 g/mol. The molecule has 0 radical (unpaired) electrons. The van der Waals surface area contributed by atoms with Crippen molar-refractivity contribution < 1.29 is 18.7 Å². The van der Waals surface area contributed by atoms with Crippen LogP contribution in [0.15, 0.2) is 59.2 Å². The molecule has 158 valence electrons. The van der Waals surface area contributed by atoms with Gasteiger partial charge in [-0.3, -0.25) is 14.9 Å². The molecule has 2 N–H and O–H groups in total. The summed E-state index contributed by atoms with van der Waals surface area (Å²) in [6.07, 6.45) is 0.632. The number of carbonyl (C=O) groups is 2. The molecule has 31 heavy (non-hydrogen) atoms. The maximum atomic E-state index is 12.5. The van der Waals surface area contributed by atoms with Gasteiger partial charge in [-0.2, -0.15) is 0 Å². The fourth-order valence-corrected chi connectivity index (χ4v) is 4.03. The van der Waals surface area contributed by atoms with Gasteiger partial charge in [-0.25, -0.2) is 4.98 Å². The van der Waals surface area contributed by atoms with Crippen molar-refractivity contribution in [1.82, 2.24) is 4.98 Å². The van der Waals surface area contributed by atoms with Crippen LogP contribution in [0.1, 0.15) is 17.5 Å². The van der Waals surface area contributed by atoms with E-state index in [9.17, 15) is 9.59 Å². The third kappa shape index (κ3) is 4.99. The molecule has 4 aromatic rings. The number of hydrogen-bond donors (Lipinski definition) is 2. The van der Waals surface area contributed by atoms with Crippen LogP contribution >= 0.6 is 34.5 Å². The van der Waals surface area contributed by atoms with Crippen molar-refractivity contribution in [2.75, 3.05) is 10.6 Å². The Bertz CT molecular complexity index is 1260. The van der Waals surface area contributed by atoms with Crippen LogP contribution in [-0.4, -0.2) is 22.9 Å². The molecule has 0 spiro atoms. The quantitative estimate of drug-likeness (QED) is 0.364. The van der Waals surface area contributed by atoms with Gasteiger partial charge in [-0.05, 0) is 55.5 Å². The van der Waals surface area contributed by atoms with E-state index in [0.29, 0.717) is 32.1 Å². The van der Waals surface area contributed by atoms with Gasteiger partial charge in [0.2, 0.25) is 0 Å². The summed E-state index contributed by atoms with van der Waals surface area (Å²) in [7, 11) is 0. The molecule has 4 rings (SSSR count). The zero-order valence-corrected chi connectivity index (χ0v) is 18.3. The molecule has 0 saturated heterocycles. The van der Waals surface area contributed by atoms with Crippen LogP contribution in [0, 0.1) is 0 Å².